The highest BCUT2D eigenvalue weighted by Gasteiger charge is 2.35. The molecule has 2 aliphatic rings. The monoisotopic (exact) mass is 461 g/mol. The van der Waals surface area contributed by atoms with E-state index in [4.69, 9.17) is 10.5 Å². The molecule has 2 fully saturated rings. The number of carbonyl (C=O) groups is 1. The van der Waals surface area contributed by atoms with Gasteiger partial charge in [-0.25, -0.2) is 0 Å². The Kier molecular flexibility index (Phi) is 12.0. The largest absolute Gasteiger partial charge is 0.491 e. The average Bonchev–Trinajstić information content (AvgIpc) is 2.74. The molecule has 1 heterocycles. The van der Waals surface area contributed by atoms with E-state index in [9.17, 15) is 9.90 Å². The molecule has 1 aliphatic carbocycles. The normalized spacial score (nSPS) is 19.9. The fourth-order valence-electron chi connectivity index (χ4n) is 4.43. The Hall–Kier alpha value is -1.05. The van der Waals surface area contributed by atoms with Crippen LogP contribution in [0.15, 0.2) is 30.3 Å². The molecule has 1 aromatic carbocycles. The van der Waals surface area contributed by atoms with Crippen molar-refractivity contribution in [3.05, 3.63) is 30.3 Å². The van der Waals surface area contributed by atoms with E-state index in [0.717, 1.165) is 44.8 Å². The Balaban J connectivity index is 0.00000225. The summed E-state index contributed by atoms with van der Waals surface area (Å²) in [6.07, 6.45) is 5.89. The van der Waals surface area contributed by atoms with Crippen LogP contribution in [0.25, 0.3) is 0 Å². The fraction of sp³-hybridized carbons (Fsp3) is 0.682. The summed E-state index contributed by atoms with van der Waals surface area (Å²) in [5.74, 6) is 1.02. The van der Waals surface area contributed by atoms with E-state index in [0.29, 0.717) is 19.5 Å². The predicted octanol–water partition coefficient (Wildman–Crippen LogP) is 2.71. The number of halogens is 2. The molecular weight excluding hydrogens is 425 g/mol. The number of β-amino-alcohol motifs (C(OH)–C–C–N with tert-alkyl or cyclic N) is 1. The molecule has 0 radical (unpaired) electrons. The van der Waals surface area contributed by atoms with Gasteiger partial charge in [0.1, 0.15) is 18.5 Å². The first kappa shape index (κ1) is 27.0. The maximum Gasteiger partial charge on any atom is 0.223 e. The summed E-state index contributed by atoms with van der Waals surface area (Å²) in [7, 11) is 0. The third kappa shape index (κ3) is 7.89. The Bertz CT molecular complexity index is 607. The SMILES string of the molecule is Cl.Cl.NCC1(CC(=O)N2CCN(CC(O)COc3ccccc3)CC2)CCCCC1. The lowest BCUT2D eigenvalue weighted by Gasteiger charge is -2.40. The van der Waals surface area contributed by atoms with E-state index in [1.54, 1.807) is 0 Å². The number of rotatable bonds is 8. The van der Waals surface area contributed by atoms with Gasteiger partial charge in [0.25, 0.3) is 0 Å². The van der Waals surface area contributed by atoms with Crippen LogP contribution in [0, 0.1) is 5.41 Å². The maximum absolute atomic E-state index is 12.8. The second-order valence-corrected chi connectivity index (χ2v) is 8.40. The zero-order valence-electron chi connectivity index (χ0n) is 17.7. The number of ether oxygens (including phenoxy) is 1. The molecule has 0 spiro atoms. The highest BCUT2D eigenvalue weighted by atomic mass is 35.5. The van der Waals surface area contributed by atoms with Crippen molar-refractivity contribution in [2.45, 2.75) is 44.6 Å². The molecule has 8 heteroatoms. The lowest BCUT2D eigenvalue weighted by atomic mass is 9.71. The topological polar surface area (TPSA) is 79.0 Å². The number of carbonyl (C=O) groups excluding carboxylic acids is 1. The minimum Gasteiger partial charge on any atom is -0.491 e. The first-order chi connectivity index (χ1) is 13.6. The lowest BCUT2D eigenvalue weighted by Crippen LogP contribution is -2.52. The Morgan fingerprint density at radius 2 is 1.70 bits per heavy atom. The van der Waals surface area contributed by atoms with E-state index >= 15 is 0 Å². The van der Waals surface area contributed by atoms with Crippen molar-refractivity contribution >= 4 is 30.7 Å². The number of amides is 1. The predicted molar refractivity (Wildman–Crippen MR) is 125 cm³/mol. The zero-order chi connectivity index (χ0) is 19.8. The second-order valence-electron chi connectivity index (χ2n) is 8.40. The van der Waals surface area contributed by atoms with Crippen LogP contribution in [-0.4, -0.2) is 72.8 Å². The summed E-state index contributed by atoms with van der Waals surface area (Å²) in [6.45, 7) is 4.51. The van der Waals surface area contributed by atoms with E-state index in [2.05, 4.69) is 4.90 Å². The quantitative estimate of drug-likeness (QED) is 0.621. The maximum atomic E-state index is 12.8. The van der Waals surface area contributed by atoms with Crippen LogP contribution in [-0.2, 0) is 4.79 Å². The first-order valence-corrected chi connectivity index (χ1v) is 10.7. The van der Waals surface area contributed by atoms with E-state index in [-0.39, 0.29) is 42.7 Å². The number of aliphatic hydroxyl groups is 1. The average molecular weight is 462 g/mol. The minimum atomic E-state index is -0.537. The highest BCUT2D eigenvalue weighted by Crippen LogP contribution is 2.38. The Morgan fingerprint density at radius 1 is 1.07 bits per heavy atom. The molecule has 1 saturated carbocycles. The lowest BCUT2D eigenvalue weighted by molar-refractivity contribution is -0.136. The standard InChI is InChI=1S/C22H35N3O3.2ClH/c23-18-22(9-5-2-6-10-22)15-21(27)25-13-11-24(12-14-25)16-19(26)17-28-20-7-3-1-4-8-20;;/h1,3-4,7-8,19,26H,2,5-6,9-18,23H2;2*1H. The summed E-state index contributed by atoms with van der Waals surface area (Å²) < 4.78 is 5.62. The van der Waals surface area contributed by atoms with Crippen molar-refractivity contribution < 1.29 is 14.6 Å². The molecule has 1 unspecified atom stereocenters. The van der Waals surface area contributed by atoms with E-state index in [1.807, 2.05) is 35.2 Å². The Labute approximate surface area is 192 Å². The van der Waals surface area contributed by atoms with Crippen molar-refractivity contribution in [1.29, 1.82) is 0 Å². The fourth-order valence-corrected chi connectivity index (χ4v) is 4.43. The van der Waals surface area contributed by atoms with Crippen LogP contribution in [0.5, 0.6) is 5.75 Å². The van der Waals surface area contributed by atoms with Gasteiger partial charge in [-0.1, -0.05) is 37.5 Å². The smallest absolute Gasteiger partial charge is 0.223 e. The minimum absolute atomic E-state index is 0. The molecular formula is C22H37Cl2N3O3. The molecule has 1 saturated heterocycles. The van der Waals surface area contributed by atoms with E-state index < -0.39 is 6.10 Å². The van der Waals surface area contributed by atoms with Crippen LogP contribution in [0.4, 0.5) is 0 Å². The molecule has 1 aromatic rings. The van der Waals surface area contributed by atoms with Gasteiger partial charge in [-0.2, -0.15) is 0 Å². The summed E-state index contributed by atoms with van der Waals surface area (Å²) in [5.41, 5.74) is 6.07. The number of nitrogens with zero attached hydrogens (tertiary/aromatic N) is 2. The highest BCUT2D eigenvalue weighted by molar-refractivity contribution is 5.85. The molecule has 6 nitrogen and oxygen atoms in total. The van der Waals surface area contributed by atoms with Crippen molar-refractivity contribution in [3.63, 3.8) is 0 Å². The van der Waals surface area contributed by atoms with Gasteiger partial charge in [-0.15, -0.1) is 24.8 Å². The molecule has 3 N–H and O–H groups in total. The molecule has 1 amide bonds. The van der Waals surface area contributed by atoms with Crippen LogP contribution in [0.1, 0.15) is 38.5 Å². The van der Waals surface area contributed by atoms with Crippen LogP contribution in [0.2, 0.25) is 0 Å². The second kappa shape index (κ2) is 13.4. The molecule has 0 aromatic heterocycles. The molecule has 172 valence electrons. The van der Waals surface area contributed by atoms with Crippen LogP contribution in [0.3, 0.4) is 0 Å². The van der Waals surface area contributed by atoms with Gasteiger partial charge in [-0.05, 0) is 36.9 Å². The molecule has 3 rings (SSSR count). The summed E-state index contributed by atoms with van der Waals surface area (Å²) in [4.78, 5) is 17.0. The number of piperazine rings is 1. The van der Waals surface area contributed by atoms with Gasteiger partial charge >= 0.3 is 0 Å². The number of hydrogen-bond donors (Lipinski definition) is 2. The molecule has 1 aliphatic heterocycles. The summed E-state index contributed by atoms with van der Waals surface area (Å²) in [6, 6.07) is 9.54. The van der Waals surface area contributed by atoms with Gasteiger partial charge in [0, 0.05) is 39.1 Å². The first-order valence-electron chi connectivity index (χ1n) is 10.7. The molecule has 30 heavy (non-hydrogen) atoms. The molecule has 1 atom stereocenters. The van der Waals surface area contributed by atoms with Gasteiger partial charge in [0.15, 0.2) is 0 Å². The number of hydrogen-bond acceptors (Lipinski definition) is 5. The number of benzene rings is 1. The number of nitrogens with two attached hydrogens (primary N) is 1. The summed E-state index contributed by atoms with van der Waals surface area (Å²) >= 11 is 0. The third-order valence-electron chi connectivity index (χ3n) is 6.25. The van der Waals surface area contributed by atoms with E-state index in [1.165, 1.54) is 19.3 Å². The van der Waals surface area contributed by atoms with Crippen molar-refractivity contribution in [2.75, 3.05) is 45.9 Å². The van der Waals surface area contributed by atoms with Crippen LogP contribution < -0.4 is 10.5 Å². The van der Waals surface area contributed by atoms with Gasteiger partial charge in [-0.3, -0.25) is 9.69 Å². The van der Waals surface area contributed by atoms with Gasteiger partial charge in [0.2, 0.25) is 5.91 Å². The summed E-state index contributed by atoms with van der Waals surface area (Å²) in [5, 5.41) is 10.3. The van der Waals surface area contributed by atoms with Gasteiger partial charge in [0.05, 0.1) is 0 Å². The zero-order valence-corrected chi connectivity index (χ0v) is 19.3. The molecule has 0 bridgehead atoms. The third-order valence-corrected chi connectivity index (χ3v) is 6.25. The number of aliphatic hydroxyl groups excluding tert-OH is 1. The van der Waals surface area contributed by atoms with Gasteiger partial charge < -0.3 is 20.5 Å². The van der Waals surface area contributed by atoms with Crippen LogP contribution >= 0.6 is 24.8 Å². The Morgan fingerprint density at radius 3 is 2.30 bits per heavy atom. The van der Waals surface area contributed by atoms with Crippen molar-refractivity contribution in [2.24, 2.45) is 11.1 Å². The number of para-hydroxylation sites is 1. The van der Waals surface area contributed by atoms with Crippen molar-refractivity contribution in [1.82, 2.24) is 9.80 Å². The van der Waals surface area contributed by atoms with Crippen molar-refractivity contribution in [3.8, 4) is 5.75 Å².